The van der Waals surface area contributed by atoms with E-state index in [4.69, 9.17) is 0 Å². The smallest absolute Gasteiger partial charge is 0.251 e. The van der Waals surface area contributed by atoms with Crippen LogP contribution in [0, 0.1) is 24.3 Å². The summed E-state index contributed by atoms with van der Waals surface area (Å²) in [7, 11) is 0. The van der Waals surface area contributed by atoms with Crippen LogP contribution in [-0.4, -0.2) is 18.4 Å². The lowest BCUT2D eigenvalue weighted by molar-refractivity contribution is -0.115. The summed E-state index contributed by atoms with van der Waals surface area (Å²) >= 11 is 2.22. The van der Waals surface area contributed by atoms with E-state index in [1.807, 2.05) is 57.2 Å². The van der Waals surface area contributed by atoms with Crippen molar-refractivity contribution in [2.75, 3.05) is 11.9 Å². The van der Waals surface area contributed by atoms with Crippen molar-refractivity contribution in [3.05, 3.63) is 62.2 Å². The topological polar surface area (TPSA) is 58.2 Å². The standard InChI is InChI=1S/C18H19IN2O2/c1-11-6-12(2)8-14(7-11)18(23)20-10-17(22)21-16-5-4-15(19)9-13(16)3/h4-9H,10H2,1-3H3,(H,20,23)(H,21,22). The Morgan fingerprint density at radius 1 is 1.00 bits per heavy atom. The second-order valence-corrected chi connectivity index (χ2v) is 6.81. The van der Waals surface area contributed by atoms with E-state index in [0.717, 1.165) is 25.9 Å². The van der Waals surface area contributed by atoms with Crippen LogP contribution in [0.15, 0.2) is 36.4 Å². The number of nitrogens with one attached hydrogen (secondary N) is 2. The molecule has 5 heteroatoms. The van der Waals surface area contributed by atoms with E-state index < -0.39 is 0 Å². The van der Waals surface area contributed by atoms with Gasteiger partial charge in [-0.3, -0.25) is 9.59 Å². The van der Waals surface area contributed by atoms with Crippen molar-refractivity contribution in [2.45, 2.75) is 20.8 Å². The molecule has 0 saturated heterocycles. The number of rotatable bonds is 4. The van der Waals surface area contributed by atoms with E-state index in [1.54, 1.807) is 0 Å². The summed E-state index contributed by atoms with van der Waals surface area (Å²) in [6.45, 7) is 5.76. The van der Waals surface area contributed by atoms with Gasteiger partial charge in [0.25, 0.3) is 5.91 Å². The Hall–Kier alpha value is -1.89. The number of amides is 2. The Kier molecular flexibility index (Phi) is 5.76. The van der Waals surface area contributed by atoms with Crippen molar-refractivity contribution in [1.82, 2.24) is 5.32 Å². The van der Waals surface area contributed by atoms with Crippen molar-refractivity contribution in [2.24, 2.45) is 0 Å². The molecule has 0 heterocycles. The lowest BCUT2D eigenvalue weighted by Gasteiger charge is -2.10. The minimum atomic E-state index is -0.244. The van der Waals surface area contributed by atoms with Crippen LogP contribution >= 0.6 is 22.6 Å². The average molecular weight is 422 g/mol. The normalized spacial score (nSPS) is 10.3. The van der Waals surface area contributed by atoms with Gasteiger partial charge in [-0.1, -0.05) is 17.2 Å². The number of benzene rings is 2. The van der Waals surface area contributed by atoms with Gasteiger partial charge in [0.15, 0.2) is 0 Å². The van der Waals surface area contributed by atoms with Crippen LogP contribution in [0.1, 0.15) is 27.0 Å². The number of anilines is 1. The molecular weight excluding hydrogens is 403 g/mol. The predicted octanol–water partition coefficient (Wildman–Crippen LogP) is 3.58. The quantitative estimate of drug-likeness (QED) is 0.741. The van der Waals surface area contributed by atoms with Crippen LogP contribution in [0.5, 0.6) is 0 Å². The first-order valence-corrected chi connectivity index (χ1v) is 8.35. The Labute approximate surface area is 149 Å². The zero-order chi connectivity index (χ0) is 17.0. The zero-order valence-electron chi connectivity index (χ0n) is 13.4. The van der Waals surface area contributed by atoms with Crippen LogP contribution in [0.25, 0.3) is 0 Å². The molecule has 2 rings (SSSR count). The molecule has 120 valence electrons. The third kappa shape index (κ3) is 5.06. The lowest BCUT2D eigenvalue weighted by atomic mass is 10.1. The maximum atomic E-state index is 12.1. The molecule has 0 aromatic heterocycles. The molecule has 2 amide bonds. The second-order valence-electron chi connectivity index (χ2n) is 5.57. The zero-order valence-corrected chi connectivity index (χ0v) is 15.5. The average Bonchev–Trinajstić information content (AvgIpc) is 2.46. The molecule has 2 aromatic carbocycles. The molecule has 0 radical (unpaired) electrons. The lowest BCUT2D eigenvalue weighted by Crippen LogP contribution is -2.33. The van der Waals surface area contributed by atoms with Crippen LogP contribution in [0.2, 0.25) is 0 Å². The van der Waals surface area contributed by atoms with Crippen LogP contribution in [0.4, 0.5) is 5.69 Å². The first-order chi connectivity index (χ1) is 10.8. The second kappa shape index (κ2) is 7.59. The van der Waals surface area contributed by atoms with Gasteiger partial charge < -0.3 is 10.6 Å². The monoisotopic (exact) mass is 422 g/mol. The summed E-state index contributed by atoms with van der Waals surface area (Å²) < 4.78 is 1.11. The van der Waals surface area contributed by atoms with E-state index in [0.29, 0.717) is 5.56 Å². The van der Waals surface area contributed by atoms with Crippen molar-refractivity contribution < 1.29 is 9.59 Å². The van der Waals surface area contributed by atoms with Gasteiger partial charge in [0.2, 0.25) is 5.91 Å². The van der Waals surface area contributed by atoms with E-state index in [2.05, 4.69) is 33.2 Å². The van der Waals surface area contributed by atoms with Gasteiger partial charge in [-0.2, -0.15) is 0 Å². The Morgan fingerprint density at radius 2 is 1.65 bits per heavy atom. The number of carbonyl (C=O) groups is 2. The summed E-state index contributed by atoms with van der Waals surface area (Å²) in [5, 5.41) is 5.46. The third-order valence-electron chi connectivity index (χ3n) is 3.36. The summed E-state index contributed by atoms with van der Waals surface area (Å²) in [6, 6.07) is 11.4. The van der Waals surface area contributed by atoms with Gasteiger partial charge >= 0.3 is 0 Å². The molecule has 0 aliphatic carbocycles. The third-order valence-corrected chi connectivity index (χ3v) is 4.03. The minimum absolute atomic E-state index is 0.0583. The molecule has 0 aliphatic rings. The fraction of sp³-hybridized carbons (Fsp3) is 0.222. The van der Waals surface area contributed by atoms with Gasteiger partial charge in [0.1, 0.15) is 0 Å². The van der Waals surface area contributed by atoms with Gasteiger partial charge in [-0.25, -0.2) is 0 Å². The molecule has 23 heavy (non-hydrogen) atoms. The number of hydrogen-bond acceptors (Lipinski definition) is 2. The predicted molar refractivity (Wildman–Crippen MR) is 101 cm³/mol. The fourth-order valence-electron chi connectivity index (χ4n) is 2.33. The SMILES string of the molecule is Cc1cc(C)cc(C(=O)NCC(=O)Nc2ccc(I)cc2C)c1. The van der Waals surface area contributed by atoms with Gasteiger partial charge in [-0.15, -0.1) is 0 Å². The minimum Gasteiger partial charge on any atom is -0.343 e. The molecular formula is C18H19IN2O2. The highest BCUT2D eigenvalue weighted by atomic mass is 127. The fourth-order valence-corrected chi connectivity index (χ4v) is 2.98. The molecule has 0 unspecified atom stereocenters. The highest BCUT2D eigenvalue weighted by Crippen LogP contribution is 2.17. The summed E-state index contributed by atoms with van der Waals surface area (Å²) in [6.07, 6.45) is 0. The largest absolute Gasteiger partial charge is 0.343 e. The van der Waals surface area contributed by atoms with E-state index in [9.17, 15) is 9.59 Å². The molecule has 0 fully saturated rings. The van der Waals surface area contributed by atoms with Gasteiger partial charge in [0, 0.05) is 14.8 Å². The van der Waals surface area contributed by atoms with Crippen molar-refractivity contribution in [3.63, 3.8) is 0 Å². The molecule has 0 saturated carbocycles. The number of aryl methyl sites for hydroxylation is 3. The highest BCUT2D eigenvalue weighted by molar-refractivity contribution is 14.1. The van der Waals surface area contributed by atoms with E-state index in [1.165, 1.54) is 0 Å². The van der Waals surface area contributed by atoms with Gasteiger partial charge in [-0.05, 0) is 79.3 Å². The molecule has 2 N–H and O–H groups in total. The van der Waals surface area contributed by atoms with Crippen molar-refractivity contribution >= 4 is 40.1 Å². The summed E-state index contributed by atoms with van der Waals surface area (Å²) in [5.74, 6) is -0.488. The molecule has 0 spiro atoms. The first-order valence-electron chi connectivity index (χ1n) is 7.27. The maximum Gasteiger partial charge on any atom is 0.251 e. The first kappa shape index (κ1) is 17.5. The van der Waals surface area contributed by atoms with Crippen molar-refractivity contribution in [3.8, 4) is 0 Å². The van der Waals surface area contributed by atoms with E-state index >= 15 is 0 Å². The van der Waals surface area contributed by atoms with Crippen LogP contribution in [-0.2, 0) is 4.79 Å². The molecule has 0 aliphatic heterocycles. The summed E-state index contributed by atoms with van der Waals surface area (Å²) in [5.41, 5.74) is 4.37. The molecule has 0 atom stereocenters. The van der Waals surface area contributed by atoms with Crippen LogP contribution in [0.3, 0.4) is 0 Å². The number of hydrogen-bond donors (Lipinski definition) is 2. The van der Waals surface area contributed by atoms with E-state index in [-0.39, 0.29) is 18.4 Å². The Balaban J connectivity index is 1.94. The maximum absolute atomic E-state index is 12.1. The Morgan fingerprint density at radius 3 is 2.26 bits per heavy atom. The van der Waals surface area contributed by atoms with Crippen molar-refractivity contribution in [1.29, 1.82) is 0 Å². The van der Waals surface area contributed by atoms with Gasteiger partial charge in [0.05, 0.1) is 6.54 Å². The van der Waals surface area contributed by atoms with Crippen LogP contribution < -0.4 is 10.6 Å². The Bertz CT molecular complexity index is 736. The molecule has 0 bridgehead atoms. The molecule has 2 aromatic rings. The summed E-state index contributed by atoms with van der Waals surface area (Å²) in [4.78, 5) is 24.1. The number of halogens is 1. The highest BCUT2D eigenvalue weighted by Gasteiger charge is 2.10. The number of carbonyl (C=O) groups excluding carboxylic acids is 2. The molecule has 4 nitrogen and oxygen atoms in total.